The van der Waals surface area contributed by atoms with E-state index >= 15 is 4.79 Å². The summed E-state index contributed by atoms with van der Waals surface area (Å²) < 4.78 is 10.7. The number of carbonyl (C=O) groups is 10. The van der Waals surface area contributed by atoms with Crippen LogP contribution in [-0.2, 0) is 71.9 Å². The number of guanidine groups is 2. The fourth-order valence-electron chi connectivity index (χ4n) is 11.2. The summed E-state index contributed by atoms with van der Waals surface area (Å²) in [5.74, 6) is -6.75. The van der Waals surface area contributed by atoms with Crippen molar-refractivity contribution < 1.29 is 72.7 Å². The Hall–Kier alpha value is -9.12. The van der Waals surface area contributed by atoms with Crippen LogP contribution in [0.4, 0.5) is 4.79 Å². The average Bonchev–Trinajstić information content (AvgIpc) is 1.57. The summed E-state index contributed by atoms with van der Waals surface area (Å²) in [4.78, 5) is 143. The molecule has 4 rings (SSSR count). The molecular weight excluding hydrogens is 1280 g/mol. The highest BCUT2D eigenvalue weighted by Crippen LogP contribution is 2.26. The van der Waals surface area contributed by atoms with Gasteiger partial charge in [-0.3, -0.25) is 49.2 Å². The molecule has 546 valence electrons. The van der Waals surface area contributed by atoms with Crippen LogP contribution < -0.4 is 59.3 Å². The molecule has 2 aliphatic rings. The van der Waals surface area contributed by atoms with E-state index in [1.54, 1.807) is 46.8 Å². The van der Waals surface area contributed by atoms with Gasteiger partial charge in [-0.2, -0.15) is 0 Å². The first-order chi connectivity index (χ1) is 46.5. The summed E-state index contributed by atoms with van der Waals surface area (Å²) in [5.41, 5.74) is 10.7. The van der Waals surface area contributed by atoms with E-state index in [0.29, 0.717) is 56.8 Å². The highest BCUT2D eigenvalue weighted by molar-refractivity contribution is 5.98. The van der Waals surface area contributed by atoms with E-state index < -0.39 is 113 Å². The Kier molecular flexibility index (Phi) is 34.7. The van der Waals surface area contributed by atoms with Crippen LogP contribution in [0.2, 0.25) is 0 Å². The van der Waals surface area contributed by atoms with E-state index in [-0.39, 0.29) is 153 Å². The normalized spacial score (nSPS) is 16.3. The summed E-state index contributed by atoms with van der Waals surface area (Å²) in [7, 11) is 1.41. The number of carbonyl (C=O) groups excluding carboxylic acids is 9. The largest absolute Gasteiger partial charge is 0.508 e. The summed E-state index contributed by atoms with van der Waals surface area (Å²) in [6.07, 6.45) is 2.59. The van der Waals surface area contributed by atoms with Crippen molar-refractivity contribution in [3.8, 4) is 5.75 Å². The summed E-state index contributed by atoms with van der Waals surface area (Å²) in [5, 5.41) is 84.7. The Morgan fingerprint density at radius 3 is 1.81 bits per heavy atom. The van der Waals surface area contributed by atoms with Gasteiger partial charge in [0, 0.05) is 72.5 Å². The van der Waals surface area contributed by atoms with Crippen molar-refractivity contribution >= 4 is 71.2 Å². The minimum absolute atomic E-state index is 0.00576. The van der Waals surface area contributed by atoms with Crippen LogP contribution in [-0.4, -0.2) is 249 Å². The highest BCUT2D eigenvalue weighted by Gasteiger charge is 2.44. The van der Waals surface area contributed by atoms with Crippen LogP contribution in [0.1, 0.15) is 136 Å². The van der Waals surface area contributed by atoms with Crippen molar-refractivity contribution in [2.75, 3.05) is 79.3 Å². The van der Waals surface area contributed by atoms with Gasteiger partial charge in [0.2, 0.25) is 47.3 Å². The number of alkyl carbamates (subject to hydrolysis) is 1. The van der Waals surface area contributed by atoms with Gasteiger partial charge in [-0.15, -0.1) is 20.4 Å². The molecule has 9 amide bonds. The molecule has 0 radical (unpaired) electrons. The van der Waals surface area contributed by atoms with Crippen LogP contribution in [0.25, 0.3) is 0 Å². The van der Waals surface area contributed by atoms with E-state index in [9.17, 15) is 53.4 Å². The monoisotopic (exact) mass is 1380 g/mol. The second-order valence-corrected chi connectivity index (χ2v) is 25.8. The number of benzene rings is 1. The maximum atomic E-state index is 15.0. The number of carboxylic acid groups (broad SMARTS) is 1. The second kappa shape index (κ2) is 41.9. The number of aliphatic carboxylic acids is 1. The number of nitrogens with one attached hydrogen (secondary N) is 11. The number of hydrogen-bond donors (Lipinski definition) is 16. The highest BCUT2D eigenvalue weighted by atomic mass is 16.5. The predicted octanol–water partition coefficient (Wildman–Crippen LogP) is -2.25. The Morgan fingerprint density at radius 1 is 0.663 bits per heavy atom. The molecule has 2 aromatic rings. The van der Waals surface area contributed by atoms with Gasteiger partial charge in [0.1, 0.15) is 60.7 Å². The number of aliphatic hydroxyl groups excluding tert-OH is 1. The maximum Gasteiger partial charge on any atom is 0.407 e. The lowest BCUT2D eigenvalue weighted by atomic mass is 9.85. The zero-order valence-corrected chi connectivity index (χ0v) is 57.4. The number of likely N-dealkylation sites (tertiary alicyclic amines) is 2. The molecule has 18 N–H and O–H groups in total. The lowest BCUT2D eigenvalue weighted by Crippen LogP contribution is -2.61. The second-order valence-electron chi connectivity index (χ2n) is 25.8. The first-order valence-corrected chi connectivity index (χ1v) is 33.4. The number of amides is 9. The minimum Gasteiger partial charge on any atom is -0.508 e. The van der Waals surface area contributed by atoms with E-state index in [1.807, 2.05) is 0 Å². The molecule has 8 atom stereocenters. The standard InChI is InChI=1S/C63H104N20O15/c1-38(2)36-45(59(94)95)75-55(90)51(63(4,5)6)76-52(87)44(37-40-19-21-41(86)22-20-40)74-54(89)47-17-12-30-82(47)57(92)43(15-10-26-69-60(64)65)73-53(88)46(16-11-27-70-61(66)67)81(7)58(93)48-18-13-31-83(48)56(91)42(72-39(3)85)14-8-9-25-68-28-34-97-35-29-71-62(96)98-33-24-50-79-77-49(23-32-84)78-80-50/h19-22,38,42-48,51,68,84,86H,8-18,23-37H2,1-7H3,(H,71,96)(H,72,85)(H,73,88)(H,74,89)(H,75,90)(H,76,87)(H,94,95)(H4,64,65,69)(H4,66,67,70). The minimum atomic E-state index is -1.38. The van der Waals surface area contributed by atoms with Crippen LogP contribution in [0.3, 0.4) is 0 Å². The van der Waals surface area contributed by atoms with Crippen LogP contribution >= 0.6 is 0 Å². The summed E-state index contributed by atoms with van der Waals surface area (Å²) in [6, 6.07) is -3.86. The molecule has 0 saturated carbocycles. The number of rotatable bonds is 42. The van der Waals surface area contributed by atoms with Crippen molar-refractivity contribution in [2.45, 2.75) is 186 Å². The Bertz CT molecular complexity index is 2960. The van der Waals surface area contributed by atoms with E-state index in [0.717, 1.165) is 0 Å². The third-order valence-corrected chi connectivity index (χ3v) is 16.3. The topological polar surface area (TPSA) is 519 Å². The van der Waals surface area contributed by atoms with Crippen molar-refractivity contribution in [3.05, 3.63) is 41.5 Å². The molecule has 2 saturated heterocycles. The number of aromatic hydroxyl groups is 1. The number of ether oxygens (including phenoxy) is 2. The fraction of sp³-hybridized carbons (Fsp3) is 0.683. The van der Waals surface area contributed by atoms with E-state index in [2.05, 4.69) is 68.2 Å². The number of carboxylic acids is 1. The number of hydrogen-bond acceptors (Lipinski definition) is 21. The third-order valence-electron chi connectivity index (χ3n) is 16.3. The molecule has 2 fully saturated rings. The van der Waals surface area contributed by atoms with Gasteiger partial charge >= 0.3 is 12.1 Å². The van der Waals surface area contributed by atoms with Crippen LogP contribution in [0.15, 0.2) is 24.3 Å². The Morgan fingerprint density at radius 2 is 1.22 bits per heavy atom. The molecule has 0 aliphatic carbocycles. The SMILES string of the molecule is CC(=O)NC(CCCCNCCOCCNC(=O)OCCc1nnc(CCO)nn1)C(=O)N1CCCC1C(=O)N(C)C(CCCNC(=N)N)C(=O)NC(CCCNC(=N)N)C(=O)N1CCCC1C(=O)NC(Cc1ccc(O)cc1)C(=O)NC(C(=O)NC(CC(C)C)C(=O)O)C(C)(C)C. The van der Waals surface area contributed by atoms with Gasteiger partial charge in [-0.25, -0.2) is 9.59 Å². The average molecular weight is 1380 g/mol. The molecule has 8 unspecified atom stereocenters. The smallest absolute Gasteiger partial charge is 0.407 e. The first kappa shape index (κ1) is 81.3. The Labute approximate surface area is 571 Å². The van der Waals surface area contributed by atoms with Crippen molar-refractivity contribution in [2.24, 2.45) is 22.8 Å². The van der Waals surface area contributed by atoms with Crippen molar-refractivity contribution in [3.63, 3.8) is 0 Å². The van der Waals surface area contributed by atoms with E-state index in [1.165, 1.54) is 40.8 Å². The molecule has 0 spiro atoms. The first-order valence-electron chi connectivity index (χ1n) is 33.4. The zero-order chi connectivity index (χ0) is 72.5. The predicted molar refractivity (Wildman–Crippen MR) is 357 cm³/mol. The van der Waals surface area contributed by atoms with Gasteiger partial charge in [0.25, 0.3) is 0 Å². The molecule has 1 aromatic carbocycles. The summed E-state index contributed by atoms with van der Waals surface area (Å²) in [6.45, 7) is 12.1. The Balaban J connectivity index is 1.44. The molecule has 0 bridgehead atoms. The van der Waals surface area contributed by atoms with Crippen molar-refractivity contribution in [1.82, 2.24) is 82.9 Å². The number of phenols is 1. The van der Waals surface area contributed by atoms with Crippen LogP contribution in [0.5, 0.6) is 5.75 Å². The fourth-order valence-corrected chi connectivity index (χ4v) is 11.2. The molecule has 35 nitrogen and oxygen atoms in total. The lowest BCUT2D eigenvalue weighted by Gasteiger charge is -2.35. The van der Waals surface area contributed by atoms with Gasteiger partial charge in [-0.05, 0) is 113 Å². The van der Waals surface area contributed by atoms with Crippen LogP contribution in [0, 0.1) is 22.2 Å². The number of phenolic OH excluding ortho intramolecular Hbond substituents is 1. The van der Waals surface area contributed by atoms with E-state index in [4.69, 9.17) is 36.9 Å². The molecule has 98 heavy (non-hydrogen) atoms. The third kappa shape index (κ3) is 28.5. The van der Waals surface area contributed by atoms with Crippen molar-refractivity contribution in [1.29, 1.82) is 10.8 Å². The molecular formula is C63H104N20O15. The number of aromatic nitrogens is 4. The quantitative estimate of drug-likeness (QED) is 0.0190. The van der Waals surface area contributed by atoms with Gasteiger partial charge in [0.05, 0.1) is 19.8 Å². The lowest BCUT2D eigenvalue weighted by molar-refractivity contribution is -0.149. The molecule has 35 heteroatoms. The molecule has 1 aromatic heterocycles. The number of nitrogens with zero attached hydrogens (tertiary/aromatic N) is 7. The maximum absolute atomic E-state index is 15.0. The number of likely N-dealkylation sites (N-methyl/N-ethyl adjacent to an activating group) is 1. The molecule has 2 aliphatic heterocycles. The number of unbranched alkanes of at least 4 members (excludes halogenated alkanes) is 1. The summed E-state index contributed by atoms with van der Waals surface area (Å²) >= 11 is 0. The zero-order valence-electron chi connectivity index (χ0n) is 57.4. The van der Waals surface area contributed by atoms with Gasteiger partial charge in [-0.1, -0.05) is 46.8 Å². The number of nitrogens with two attached hydrogens (primary N) is 2. The van der Waals surface area contributed by atoms with Gasteiger partial charge in [0.15, 0.2) is 23.6 Å². The van der Waals surface area contributed by atoms with Gasteiger partial charge < -0.3 is 98.8 Å². The molecule has 3 heterocycles. The number of aliphatic hydroxyl groups is 1.